The summed E-state index contributed by atoms with van der Waals surface area (Å²) in [6, 6.07) is 2.03. The van der Waals surface area contributed by atoms with Gasteiger partial charge in [-0.15, -0.1) is 10.2 Å². The highest BCUT2D eigenvalue weighted by molar-refractivity contribution is 7.14. The number of nitrogens with zero attached hydrogens (tertiary/aromatic N) is 3. The topological polar surface area (TPSA) is 56.7 Å². The van der Waals surface area contributed by atoms with Crippen molar-refractivity contribution in [3.05, 3.63) is 23.5 Å². The smallest absolute Gasteiger partial charge is 0.149 e. The molecule has 2 N–H and O–H groups in total. The first-order valence-corrected chi connectivity index (χ1v) is 5.26. The summed E-state index contributed by atoms with van der Waals surface area (Å²) in [7, 11) is 1.99. The molecule has 2 aromatic heterocycles. The Hall–Kier alpha value is -1.20. The average molecular weight is 208 g/mol. The number of rotatable bonds is 3. The van der Waals surface area contributed by atoms with E-state index in [2.05, 4.69) is 10.2 Å². The molecule has 0 spiro atoms. The van der Waals surface area contributed by atoms with Crippen molar-refractivity contribution in [1.29, 1.82) is 0 Å². The highest BCUT2D eigenvalue weighted by Gasteiger charge is 2.06. The molecule has 0 radical (unpaired) electrons. The minimum Gasteiger partial charge on any atom is -0.357 e. The Balaban J connectivity index is 2.24. The molecule has 0 aliphatic rings. The van der Waals surface area contributed by atoms with Crippen LogP contribution < -0.4 is 5.73 Å². The monoisotopic (exact) mass is 208 g/mol. The Morgan fingerprint density at radius 1 is 1.50 bits per heavy atom. The van der Waals surface area contributed by atoms with Gasteiger partial charge in [0.25, 0.3) is 0 Å². The second kappa shape index (κ2) is 3.89. The normalized spacial score (nSPS) is 10.7. The van der Waals surface area contributed by atoms with Gasteiger partial charge in [0.05, 0.1) is 0 Å². The molecule has 2 rings (SSSR count). The molecule has 2 heterocycles. The van der Waals surface area contributed by atoms with Crippen molar-refractivity contribution >= 4 is 11.3 Å². The standard InChI is InChI=1S/C9H12N4S/c1-13-5-3-7(6-13)9-12-11-8(14-9)2-4-10/h3,5-6H,2,4,10H2,1H3. The third-order valence-corrected chi connectivity index (χ3v) is 2.94. The molecular formula is C9H12N4S. The first-order valence-electron chi connectivity index (χ1n) is 4.44. The molecular weight excluding hydrogens is 196 g/mol. The van der Waals surface area contributed by atoms with E-state index >= 15 is 0 Å². The van der Waals surface area contributed by atoms with Gasteiger partial charge < -0.3 is 10.3 Å². The zero-order chi connectivity index (χ0) is 9.97. The van der Waals surface area contributed by atoms with Crippen LogP contribution in [0.3, 0.4) is 0 Å². The summed E-state index contributed by atoms with van der Waals surface area (Å²) in [6.45, 7) is 0.628. The summed E-state index contributed by atoms with van der Waals surface area (Å²) < 4.78 is 2.00. The second-order valence-corrected chi connectivity index (χ2v) is 4.17. The van der Waals surface area contributed by atoms with Crippen molar-refractivity contribution in [2.45, 2.75) is 6.42 Å². The molecule has 0 fully saturated rings. The molecule has 0 saturated carbocycles. The van der Waals surface area contributed by atoms with Gasteiger partial charge in [0, 0.05) is 31.4 Å². The van der Waals surface area contributed by atoms with Gasteiger partial charge in [-0.05, 0) is 12.6 Å². The predicted molar refractivity (Wildman–Crippen MR) is 57.1 cm³/mol. The van der Waals surface area contributed by atoms with Crippen LogP contribution in [0.4, 0.5) is 0 Å². The van der Waals surface area contributed by atoms with E-state index in [-0.39, 0.29) is 0 Å². The van der Waals surface area contributed by atoms with Crippen LogP contribution in [0.5, 0.6) is 0 Å². The SMILES string of the molecule is Cn1ccc(-c2nnc(CCN)s2)c1. The fourth-order valence-corrected chi connectivity index (χ4v) is 2.07. The van der Waals surface area contributed by atoms with Crippen LogP contribution in [-0.4, -0.2) is 21.3 Å². The Kier molecular flexibility index (Phi) is 2.60. The van der Waals surface area contributed by atoms with E-state index < -0.39 is 0 Å². The van der Waals surface area contributed by atoms with Crippen molar-refractivity contribution < 1.29 is 0 Å². The van der Waals surface area contributed by atoms with Crippen LogP contribution in [-0.2, 0) is 13.5 Å². The lowest BCUT2D eigenvalue weighted by Crippen LogP contribution is -2.01. The minimum absolute atomic E-state index is 0.628. The van der Waals surface area contributed by atoms with Crippen LogP contribution in [0.25, 0.3) is 10.6 Å². The van der Waals surface area contributed by atoms with E-state index in [1.165, 1.54) is 0 Å². The van der Waals surface area contributed by atoms with Crippen LogP contribution >= 0.6 is 11.3 Å². The molecule has 74 valence electrons. The Morgan fingerprint density at radius 3 is 3.00 bits per heavy atom. The molecule has 0 bridgehead atoms. The molecule has 4 nitrogen and oxygen atoms in total. The molecule has 0 aliphatic carbocycles. The minimum atomic E-state index is 0.628. The second-order valence-electron chi connectivity index (χ2n) is 3.11. The zero-order valence-electron chi connectivity index (χ0n) is 7.97. The molecule has 0 amide bonds. The number of aromatic nitrogens is 3. The van der Waals surface area contributed by atoms with Crippen molar-refractivity contribution in [3.8, 4) is 10.6 Å². The van der Waals surface area contributed by atoms with E-state index in [4.69, 9.17) is 5.73 Å². The number of hydrogen-bond donors (Lipinski definition) is 1. The number of hydrogen-bond acceptors (Lipinski definition) is 4. The zero-order valence-corrected chi connectivity index (χ0v) is 8.79. The van der Waals surface area contributed by atoms with E-state index in [0.29, 0.717) is 6.54 Å². The summed E-state index contributed by atoms with van der Waals surface area (Å²) in [6.07, 6.45) is 4.84. The van der Waals surface area contributed by atoms with E-state index in [0.717, 1.165) is 22.0 Å². The van der Waals surface area contributed by atoms with Gasteiger partial charge in [-0.3, -0.25) is 0 Å². The van der Waals surface area contributed by atoms with Gasteiger partial charge in [-0.2, -0.15) is 0 Å². The lowest BCUT2D eigenvalue weighted by molar-refractivity contribution is 0.912. The summed E-state index contributed by atoms with van der Waals surface area (Å²) in [5.74, 6) is 0. The Labute approximate surface area is 86.4 Å². The van der Waals surface area contributed by atoms with Crippen molar-refractivity contribution in [2.75, 3.05) is 6.54 Å². The lowest BCUT2D eigenvalue weighted by atomic mass is 10.4. The molecule has 0 aromatic carbocycles. The lowest BCUT2D eigenvalue weighted by Gasteiger charge is -1.87. The van der Waals surface area contributed by atoms with Crippen molar-refractivity contribution in [3.63, 3.8) is 0 Å². The maximum atomic E-state index is 5.45. The first kappa shape index (κ1) is 9.36. The molecule has 14 heavy (non-hydrogen) atoms. The summed E-state index contributed by atoms with van der Waals surface area (Å²) in [4.78, 5) is 0. The van der Waals surface area contributed by atoms with E-state index in [1.807, 2.05) is 30.1 Å². The highest BCUT2D eigenvalue weighted by Crippen LogP contribution is 2.23. The highest BCUT2D eigenvalue weighted by atomic mass is 32.1. The summed E-state index contributed by atoms with van der Waals surface area (Å²) in [5, 5.41) is 10.2. The molecule has 0 saturated heterocycles. The number of aryl methyl sites for hydroxylation is 1. The molecule has 0 aliphatic heterocycles. The summed E-state index contributed by atoms with van der Waals surface area (Å²) >= 11 is 1.61. The fraction of sp³-hybridized carbons (Fsp3) is 0.333. The van der Waals surface area contributed by atoms with Crippen molar-refractivity contribution in [2.24, 2.45) is 12.8 Å². The van der Waals surface area contributed by atoms with E-state index in [1.54, 1.807) is 11.3 Å². The van der Waals surface area contributed by atoms with Crippen LogP contribution in [0.15, 0.2) is 18.5 Å². The van der Waals surface area contributed by atoms with Crippen LogP contribution in [0.1, 0.15) is 5.01 Å². The predicted octanol–water partition coefficient (Wildman–Crippen LogP) is 1.04. The Bertz CT molecular complexity index is 418. The molecule has 5 heteroatoms. The first-order chi connectivity index (χ1) is 6.79. The maximum absolute atomic E-state index is 5.45. The van der Waals surface area contributed by atoms with Crippen molar-refractivity contribution in [1.82, 2.24) is 14.8 Å². The molecule has 0 unspecified atom stereocenters. The fourth-order valence-electron chi connectivity index (χ4n) is 1.22. The van der Waals surface area contributed by atoms with Crippen LogP contribution in [0.2, 0.25) is 0 Å². The average Bonchev–Trinajstić information content (AvgIpc) is 2.74. The van der Waals surface area contributed by atoms with Gasteiger partial charge in [0.1, 0.15) is 10.0 Å². The van der Waals surface area contributed by atoms with Gasteiger partial charge in [0.2, 0.25) is 0 Å². The van der Waals surface area contributed by atoms with Gasteiger partial charge in [0.15, 0.2) is 0 Å². The maximum Gasteiger partial charge on any atom is 0.149 e. The van der Waals surface area contributed by atoms with Gasteiger partial charge in [-0.1, -0.05) is 11.3 Å². The third kappa shape index (κ3) is 1.83. The molecule has 0 atom stereocenters. The quantitative estimate of drug-likeness (QED) is 0.820. The van der Waals surface area contributed by atoms with E-state index in [9.17, 15) is 0 Å². The number of nitrogens with two attached hydrogens (primary N) is 1. The van der Waals surface area contributed by atoms with Crippen LogP contribution in [0, 0.1) is 0 Å². The molecule has 2 aromatic rings. The van der Waals surface area contributed by atoms with Gasteiger partial charge >= 0.3 is 0 Å². The summed E-state index contributed by atoms with van der Waals surface area (Å²) in [5.41, 5.74) is 6.57. The largest absolute Gasteiger partial charge is 0.357 e. The third-order valence-electron chi connectivity index (χ3n) is 1.90. The Morgan fingerprint density at radius 2 is 2.36 bits per heavy atom. The van der Waals surface area contributed by atoms with Gasteiger partial charge in [-0.25, -0.2) is 0 Å².